The standard InChI is InChI=1S/C19H22ClN3O/c1-13(15-11-21-12-15)19(24)23-18-9-16(20)7-8-17(18)22-10-14-5-3-2-4-6-14/h2-9,13,15,21-22H,10-12H2,1H3,(H,23,24). The van der Waals surface area contributed by atoms with Crippen LogP contribution in [-0.4, -0.2) is 19.0 Å². The molecule has 0 aromatic heterocycles. The fourth-order valence-electron chi connectivity index (χ4n) is 2.69. The number of rotatable bonds is 6. The van der Waals surface area contributed by atoms with Crippen molar-refractivity contribution in [1.29, 1.82) is 0 Å². The molecule has 2 aromatic rings. The summed E-state index contributed by atoms with van der Waals surface area (Å²) < 4.78 is 0. The second-order valence-corrected chi connectivity index (χ2v) is 6.66. The smallest absolute Gasteiger partial charge is 0.227 e. The average molecular weight is 344 g/mol. The van der Waals surface area contributed by atoms with Gasteiger partial charge in [0, 0.05) is 17.5 Å². The van der Waals surface area contributed by atoms with E-state index in [0.717, 1.165) is 24.5 Å². The highest BCUT2D eigenvalue weighted by Crippen LogP contribution is 2.28. The molecule has 0 spiro atoms. The molecule has 1 aliphatic rings. The molecule has 5 heteroatoms. The lowest BCUT2D eigenvalue weighted by Crippen LogP contribution is -2.48. The van der Waals surface area contributed by atoms with E-state index in [9.17, 15) is 4.79 Å². The van der Waals surface area contributed by atoms with Crippen LogP contribution in [-0.2, 0) is 11.3 Å². The van der Waals surface area contributed by atoms with E-state index in [-0.39, 0.29) is 11.8 Å². The van der Waals surface area contributed by atoms with Crippen LogP contribution in [0.15, 0.2) is 48.5 Å². The van der Waals surface area contributed by atoms with Crippen molar-refractivity contribution in [3.63, 3.8) is 0 Å². The average Bonchev–Trinajstić information content (AvgIpc) is 2.53. The fourth-order valence-corrected chi connectivity index (χ4v) is 2.86. The molecular weight excluding hydrogens is 322 g/mol. The summed E-state index contributed by atoms with van der Waals surface area (Å²) in [6.07, 6.45) is 0. The molecule has 1 saturated heterocycles. The first kappa shape index (κ1) is 16.8. The van der Waals surface area contributed by atoms with Crippen molar-refractivity contribution in [2.45, 2.75) is 13.5 Å². The highest BCUT2D eigenvalue weighted by atomic mass is 35.5. The van der Waals surface area contributed by atoms with Gasteiger partial charge in [-0.2, -0.15) is 0 Å². The lowest BCUT2D eigenvalue weighted by molar-refractivity contribution is -0.121. The Labute approximate surface area is 147 Å². The van der Waals surface area contributed by atoms with Crippen LogP contribution >= 0.6 is 11.6 Å². The van der Waals surface area contributed by atoms with Crippen LogP contribution in [0.25, 0.3) is 0 Å². The van der Waals surface area contributed by atoms with E-state index in [4.69, 9.17) is 11.6 Å². The van der Waals surface area contributed by atoms with Crippen LogP contribution in [0, 0.1) is 11.8 Å². The van der Waals surface area contributed by atoms with Crippen LogP contribution < -0.4 is 16.0 Å². The zero-order valence-electron chi connectivity index (χ0n) is 13.7. The topological polar surface area (TPSA) is 53.2 Å². The number of carbonyl (C=O) groups is 1. The minimum Gasteiger partial charge on any atom is -0.379 e. The normalized spacial score (nSPS) is 15.4. The molecule has 0 bridgehead atoms. The van der Waals surface area contributed by atoms with Gasteiger partial charge in [0.25, 0.3) is 0 Å². The number of nitrogens with one attached hydrogen (secondary N) is 3. The van der Waals surface area contributed by atoms with E-state index >= 15 is 0 Å². The van der Waals surface area contributed by atoms with Crippen LogP contribution in [0.2, 0.25) is 5.02 Å². The molecule has 2 aromatic carbocycles. The maximum Gasteiger partial charge on any atom is 0.227 e. The summed E-state index contributed by atoms with van der Waals surface area (Å²) in [5.74, 6) is 0.420. The highest BCUT2D eigenvalue weighted by molar-refractivity contribution is 6.31. The Bertz CT molecular complexity index is 701. The molecule has 3 N–H and O–H groups in total. The molecule has 1 aliphatic heterocycles. The molecule has 4 nitrogen and oxygen atoms in total. The van der Waals surface area contributed by atoms with E-state index in [0.29, 0.717) is 17.5 Å². The van der Waals surface area contributed by atoms with E-state index < -0.39 is 0 Å². The Balaban J connectivity index is 1.69. The molecule has 24 heavy (non-hydrogen) atoms. The van der Waals surface area contributed by atoms with Gasteiger partial charge in [0.15, 0.2) is 0 Å². The van der Waals surface area contributed by atoms with Gasteiger partial charge in [0.2, 0.25) is 5.91 Å². The van der Waals surface area contributed by atoms with Gasteiger partial charge in [-0.3, -0.25) is 4.79 Å². The van der Waals surface area contributed by atoms with Crippen molar-refractivity contribution in [3.05, 3.63) is 59.1 Å². The maximum atomic E-state index is 12.5. The molecular formula is C19H22ClN3O. The monoisotopic (exact) mass is 343 g/mol. The first-order chi connectivity index (χ1) is 11.6. The van der Waals surface area contributed by atoms with Crippen LogP contribution in [0.4, 0.5) is 11.4 Å². The first-order valence-corrected chi connectivity index (χ1v) is 8.60. The summed E-state index contributed by atoms with van der Waals surface area (Å²) in [7, 11) is 0. The van der Waals surface area contributed by atoms with Crippen LogP contribution in [0.3, 0.4) is 0 Å². The first-order valence-electron chi connectivity index (χ1n) is 8.22. The molecule has 1 unspecified atom stereocenters. The molecule has 0 radical (unpaired) electrons. The number of anilines is 2. The van der Waals surface area contributed by atoms with Gasteiger partial charge >= 0.3 is 0 Å². The molecule has 1 fully saturated rings. The summed E-state index contributed by atoms with van der Waals surface area (Å²) in [5.41, 5.74) is 2.77. The number of hydrogen-bond acceptors (Lipinski definition) is 3. The van der Waals surface area contributed by atoms with Gasteiger partial charge in [-0.25, -0.2) is 0 Å². The van der Waals surface area contributed by atoms with Gasteiger partial charge in [0.1, 0.15) is 0 Å². The summed E-state index contributed by atoms with van der Waals surface area (Å²) in [5, 5.41) is 10.2. The minimum atomic E-state index is -0.0211. The lowest BCUT2D eigenvalue weighted by Gasteiger charge is -2.31. The predicted molar refractivity (Wildman–Crippen MR) is 99.4 cm³/mol. The van der Waals surface area contributed by atoms with Gasteiger partial charge in [-0.15, -0.1) is 0 Å². The summed E-state index contributed by atoms with van der Waals surface area (Å²) in [6.45, 7) is 4.47. The third-order valence-electron chi connectivity index (χ3n) is 4.50. The molecule has 0 saturated carbocycles. The van der Waals surface area contributed by atoms with Crippen molar-refractivity contribution in [1.82, 2.24) is 5.32 Å². The zero-order valence-corrected chi connectivity index (χ0v) is 14.4. The van der Waals surface area contributed by atoms with E-state index in [1.54, 1.807) is 6.07 Å². The summed E-state index contributed by atoms with van der Waals surface area (Å²) in [4.78, 5) is 12.5. The van der Waals surface area contributed by atoms with Gasteiger partial charge in [-0.1, -0.05) is 48.9 Å². The number of hydrogen-bond donors (Lipinski definition) is 3. The van der Waals surface area contributed by atoms with Crippen molar-refractivity contribution in [2.24, 2.45) is 11.8 Å². The second-order valence-electron chi connectivity index (χ2n) is 6.23. The third-order valence-corrected chi connectivity index (χ3v) is 4.73. The maximum absolute atomic E-state index is 12.5. The van der Waals surface area contributed by atoms with Crippen molar-refractivity contribution < 1.29 is 4.79 Å². The Morgan fingerprint density at radius 2 is 1.96 bits per heavy atom. The molecule has 1 amide bonds. The quantitative estimate of drug-likeness (QED) is 0.748. The van der Waals surface area contributed by atoms with Gasteiger partial charge in [-0.05, 0) is 42.8 Å². The molecule has 3 rings (SSSR count). The minimum absolute atomic E-state index is 0.0211. The number of benzene rings is 2. The van der Waals surface area contributed by atoms with E-state index in [2.05, 4.69) is 28.1 Å². The van der Waals surface area contributed by atoms with Crippen molar-refractivity contribution in [3.8, 4) is 0 Å². The largest absolute Gasteiger partial charge is 0.379 e. The van der Waals surface area contributed by atoms with E-state index in [1.165, 1.54) is 5.56 Å². The third kappa shape index (κ3) is 4.08. The lowest BCUT2D eigenvalue weighted by atomic mass is 9.88. The Kier molecular flexibility index (Phi) is 5.38. The molecule has 126 valence electrons. The molecule has 1 atom stereocenters. The Morgan fingerprint density at radius 3 is 2.62 bits per heavy atom. The zero-order chi connectivity index (χ0) is 16.9. The predicted octanol–water partition coefficient (Wildman–Crippen LogP) is 3.75. The van der Waals surface area contributed by atoms with Crippen molar-refractivity contribution >= 4 is 28.9 Å². The molecule has 0 aliphatic carbocycles. The Hall–Kier alpha value is -2.04. The van der Waals surface area contributed by atoms with Crippen LogP contribution in [0.1, 0.15) is 12.5 Å². The highest BCUT2D eigenvalue weighted by Gasteiger charge is 2.29. The Morgan fingerprint density at radius 1 is 1.21 bits per heavy atom. The number of carbonyl (C=O) groups excluding carboxylic acids is 1. The summed E-state index contributed by atoms with van der Waals surface area (Å²) >= 11 is 6.11. The summed E-state index contributed by atoms with van der Waals surface area (Å²) in [6, 6.07) is 15.7. The van der Waals surface area contributed by atoms with Gasteiger partial charge < -0.3 is 16.0 Å². The van der Waals surface area contributed by atoms with Crippen LogP contribution in [0.5, 0.6) is 0 Å². The number of halogens is 1. The SMILES string of the molecule is CC(C(=O)Nc1cc(Cl)ccc1NCc1ccccc1)C1CNC1. The van der Waals surface area contributed by atoms with E-state index in [1.807, 2.05) is 37.3 Å². The van der Waals surface area contributed by atoms with Crippen molar-refractivity contribution in [2.75, 3.05) is 23.7 Å². The fraction of sp³-hybridized carbons (Fsp3) is 0.316. The van der Waals surface area contributed by atoms with Gasteiger partial charge in [0.05, 0.1) is 11.4 Å². The molecule has 1 heterocycles. The second kappa shape index (κ2) is 7.69. The number of amides is 1.